The molecule has 2 aromatic heterocycles. The van der Waals surface area contributed by atoms with Gasteiger partial charge in [0.1, 0.15) is 6.04 Å². The summed E-state index contributed by atoms with van der Waals surface area (Å²) < 4.78 is 3.07. The van der Waals surface area contributed by atoms with Crippen LogP contribution in [0.1, 0.15) is 24.4 Å². The summed E-state index contributed by atoms with van der Waals surface area (Å²) >= 11 is 0. The number of carbonyl (C=O) groups excluding carboxylic acids is 1. The van der Waals surface area contributed by atoms with Gasteiger partial charge in [-0.3, -0.25) is 9.48 Å². The molecule has 0 N–H and O–H groups in total. The Morgan fingerprint density at radius 1 is 1.55 bits per heavy atom. The van der Waals surface area contributed by atoms with Gasteiger partial charge in [0.15, 0.2) is 0 Å². The number of aryl methyl sites for hydroxylation is 2. The summed E-state index contributed by atoms with van der Waals surface area (Å²) in [7, 11) is 3.48. The number of rotatable bonds is 5. The second kappa shape index (κ2) is 5.96. The van der Waals surface area contributed by atoms with Crippen molar-refractivity contribution in [3.63, 3.8) is 0 Å². The Bertz CT molecular complexity index is 704. The van der Waals surface area contributed by atoms with Gasteiger partial charge in [0, 0.05) is 20.3 Å². The van der Waals surface area contributed by atoms with Crippen LogP contribution in [0.3, 0.4) is 0 Å². The molecule has 22 heavy (non-hydrogen) atoms. The number of amides is 1. The predicted octanol–water partition coefficient (Wildman–Crippen LogP) is 1.05. The summed E-state index contributed by atoms with van der Waals surface area (Å²) in [5.41, 5.74) is 1.47. The molecule has 0 aliphatic carbocycles. The summed E-state index contributed by atoms with van der Waals surface area (Å²) in [4.78, 5) is 24.2. The molecule has 2 aromatic rings. The van der Waals surface area contributed by atoms with Crippen LogP contribution in [0.15, 0.2) is 18.3 Å². The minimum absolute atomic E-state index is 0.178. The first-order valence-corrected chi connectivity index (χ1v) is 6.73. The molecule has 1 unspecified atom stereocenters. The van der Waals surface area contributed by atoms with Crippen molar-refractivity contribution in [2.45, 2.75) is 26.4 Å². The van der Waals surface area contributed by atoms with Crippen molar-refractivity contribution in [3.8, 4) is 0 Å². The zero-order chi connectivity index (χ0) is 16.4. The standard InChI is InChI=1S/C13H18N6O3/c1-9-7-12(19(21)22)15-18(9)10(2)13(20)16(3)8-11-5-6-14-17(11)4/h5-7,10H,8H2,1-4H3. The van der Waals surface area contributed by atoms with E-state index in [2.05, 4.69) is 10.2 Å². The molecule has 0 bridgehead atoms. The lowest BCUT2D eigenvalue weighted by Crippen LogP contribution is -2.34. The van der Waals surface area contributed by atoms with Crippen LogP contribution >= 0.6 is 0 Å². The maximum Gasteiger partial charge on any atom is 0.390 e. The van der Waals surface area contributed by atoms with Crippen molar-refractivity contribution in [3.05, 3.63) is 39.8 Å². The van der Waals surface area contributed by atoms with Gasteiger partial charge in [-0.25, -0.2) is 0 Å². The van der Waals surface area contributed by atoms with Crippen LogP contribution in [0.25, 0.3) is 0 Å². The van der Waals surface area contributed by atoms with Crippen LogP contribution in [0.5, 0.6) is 0 Å². The number of nitro groups is 1. The summed E-state index contributed by atoms with van der Waals surface area (Å²) in [6.07, 6.45) is 1.66. The first-order chi connectivity index (χ1) is 10.3. The van der Waals surface area contributed by atoms with E-state index in [1.54, 1.807) is 43.7 Å². The molecule has 0 saturated heterocycles. The molecule has 9 nitrogen and oxygen atoms in total. The van der Waals surface area contributed by atoms with Crippen molar-refractivity contribution in [2.24, 2.45) is 7.05 Å². The summed E-state index contributed by atoms with van der Waals surface area (Å²) in [5, 5.41) is 18.7. The van der Waals surface area contributed by atoms with Gasteiger partial charge in [0.25, 0.3) is 0 Å². The highest BCUT2D eigenvalue weighted by molar-refractivity contribution is 5.79. The Labute approximate surface area is 127 Å². The lowest BCUT2D eigenvalue weighted by Gasteiger charge is -2.20. The normalized spacial score (nSPS) is 12.2. The summed E-state index contributed by atoms with van der Waals surface area (Å²) in [6, 6.07) is 2.57. The van der Waals surface area contributed by atoms with E-state index in [9.17, 15) is 14.9 Å². The SMILES string of the molecule is Cc1cc([N+](=O)[O-])nn1C(C)C(=O)N(C)Cc1ccnn1C. The second-order valence-electron chi connectivity index (χ2n) is 5.16. The van der Waals surface area contributed by atoms with E-state index in [0.29, 0.717) is 12.2 Å². The van der Waals surface area contributed by atoms with E-state index >= 15 is 0 Å². The lowest BCUT2D eigenvalue weighted by molar-refractivity contribution is -0.389. The van der Waals surface area contributed by atoms with Crippen molar-refractivity contribution < 1.29 is 9.72 Å². The molecule has 0 saturated carbocycles. The molecule has 1 atom stereocenters. The third-order valence-electron chi connectivity index (χ3n) is 3.52. The highest BCUT2D eigenvalue weighted by Crippen LogP contribution is 2.18. The molecule has 2 rings (SSSR count). The minimum atomic E-state index is -0.619. The molecule has 2 heterocycles. The van der Waals surface area contributed by atoms with Crippen molar-refractivity contribution in [1.82, 2.24) is 24.5 Å². The Morgan fingerprint density at radius 3 is 2.73 bits per heavy atom. The molecule has 9 heteroatoms. The molecule has 0 aromatic carbocycles. The molecule has 0 radical (unpaired) electrons. The molecular weight excluding hydrogens is 288 g/mol. The first-order valence-electron chi connectivity index (χ1n) is 6.73. The number of hydrogen-bond acceptors (Lipinski definition) is 5. The summed E-state index contributed by atoms with van der Waals surface area (Å²) in [5.74, 6) is -0.436. The van der Waals surface area contributed by atoms with Crippen LogP contribution in [0.2, 0.25) is 0 Å². The van der Waals surface area contributed by atoms with Crippen LogP contribution in [0, 0.1) is 17.0 Å². The lowest BCUT2D eigenvalue weighted by atomic mass is 10.2. The Balaban J connectivity index is 2.14. The quantitative estimate of drug-likeness (QED) is 0.607. The van der Waals surface area contributed by atoms with Crippen molar-refractivity contribution in [1.29, 1.82) is 0 Å². The van der Waals surface area contributed by atoms with E-state index in [0.717, 1.165) is 5.69 Å². The van der Waals surface area contributed by atoms with E-state index in [4.69, 9.17) is 0 Å². The Morgan fingerprint density at radius 2 is 2.23 bits per heavy atom. The van der Waals surface area contributed by atoms with Crippen LogP contribution in [-0.2, 0) is 18.4 Å². The smallest absolute Gasteiger partial charge is 0.358 e. The highest BCUT2D eigenvalue weighted by atomic mass is 16.6. The van der Waals surface area contributed by atoms with Gasteiger partial charge in [0.2, 0.25) is 5.91 Å². The van der Waals surface area contributed by atoms with Gasteiger partial charge < -0.3 is 15.0 Å². The third-order valence-corrected chi connectivity index (χ3v) is 3.52. The number of hydrogen-bond donors (Lipinski definition) is 0. The number of nitrogens with zero attached hydrogens (tertiary/aromatic N) is 6. The van der Waals surface area contributed by atoms with E-state index < -0.39 is 11.0 Å². The van der Waals surface area contributed by atoms with Gasteiger partial charge in [-0.2, -0.15) is 9.78 Å². The third kappa shape index (κ3) is 2.97. The van der Waals surface area contributed by atoms with Gasteiger partial charge >= 0.3 is 5.82 Å². The van der Waals surface area contributed by atoms with Crippen LogP contribution < -0.4 is 0 Å². The fourth-order valence-corrected chi connectivity index (χ4v) is 2.25. The zero-order valence-corrected chi connectivity index (χ0v) is 12.9. The van der Waals surface area contributed by atoms with Gasteiger partial charge in [-0.15, -0.1) is 0 Å². The van der Waals surface area contributed by atoms with E-state index in [1.807, 2.05) is 6.07 Å². The number of carbonyl (C=O) groups is 1. The van der Waals surface area contributed by atoms with Crippen LogP contribution in [0.4, 0.5) is 5.82 Å². The average Bonchev–Trinajstić information content (AvgIpc) is 3.04. The Kier molecular flexibility index (Phi) is 4.25. The van der Waals surface area contributed by atoms with Crippen LogP contribution in [-0.4, -0.2) is 42.3 Å². The average molecular weight is 306 g/mol. The van der Waals surface area contributed by atoms with Gasteiger partial charge in [-0.1, -0.05) is 0 Å². The highest BCUT2D eigenvalue weighted by Gasteiger charge is 2.27. The minimum Gasteiger partial charge on any atom is -0.358 e. The van der Waals surface area contributed by atoms with E-state index in [1.165, 1.54) is 10.7 Å². The molecule has 118 valence electrons. The second-order valence-corrected chi connectivity index (χ2v) is 5.16. The predicted molar refractivity (Wildman–Crippen MR) is 78.0 cm³/mol. The fraction of sp³-hybridized carbons (Fsp3) is 0.462. The maximum atomic E-state index is 12.5. The van der Waals surface area contributed by atoms with Gasteiger partial charge in [0.05, 0.1) is 29.1 Å². The zero-order valence-electron chi connectivity index (χ0n) is 12.9. The largest absolute Gasteiger partial charge is 0.390 e. The molecular formula is C13H18N6O3. The topological polar surface area (TPSA) is 99.1 Å². The molecule has 0 aliphatic rings. The molecule has 0 spiro atoms. The fourth-order valence-electron chi connectivity index (χ4n) is 2.25. The monoisotopic (exact) mass is 306 g/mol. The summed E-state index contributed by atoms with van der Waals surface area (Å²) in [6.45, 7) is 3.76. The first kappa shape index (κ1) is 15.7. The molecule has 0 aliphatic heterocycles. The van der Waals surface area contributed by atoms with E-state index in [-0.39, 0.29) is 11.7 Å². The maximum absolute atomic E-state index is 12.5. The molecule has 0 fully saturated rings. The number of aromatic nitrogens is 4. The Hall–Kier alpha value is -2.71. The van der Waals surface area contributed by atoms with Gasteiger partial charge in [-0.05, 0) is 24.8 Å². The number of likely N-dealkylation sites (N-methyl/N-ethyl adjacent to an activating group) is 1. The van der Waals surface area contributed by atoms with Crippen molar-refractivity contribution in [2.75, 3.05) is 7.05 Å². The molecule has 1 amide bonds. The van der Waals surface area contributed by atoms with Crippen molar-refractivity contribution >= 4 is 11.7 Å².